The second-order valence-electron chi connectivity index (χ2n) is 5.13. The van der Waals surface area contributed by atoms with Crippen LogP contribution in [0.1, 0.15) is 28.1 Å². The normalized spacial score (nSPS) is 14.6. The molecule has 4 heteroatoms. The van der Waals surface area contributed by atoms with Crippen molar-refractivity contribution in [1.29, 1.82) is 0 Å². The SMILES string of the molecule is Cc1cc(NC(=O)c2cccs2)ccc1N1CCCC1. The van der Waals surface area contributed by atoms with E-state index >= 15 is 0 Å². The van der Waals surface area contributed by atoms with E-state index < -0.39 is 0 Å². The van der Waals surface area contributed by atoms with Crippen molar-refractivity contribution in [3.63, 3.8) is 0 Å². The summed E-state index contributed by atoms with van der Waals surface area (Å²) in [4.78, 5) is 15.2. The number of hydrogen-bond acceptors (Lipinski definition) is 3. The first-order chi connectivity index (χ1) is 9.74. The number of carbonyl (C=O) groups is 1. The van der Waals surface area contributed by atoms with Gasteiger partial charge in [0.2, 0.25) is 0 Å². The van der Waals surface area contributed by atoms with Crippen LogP contribution in [0.5, 0.6) is 0 Å². The molecule has 1 amide bonds. The van der Waals surface area contributed by atoms with Crippen LogP contribution in [-0.2, 0) is 0 Å². The Bertz CT molecular complexity index is 601. The summed E-state index contributed by atoms with van der Waals surface area (Å²) in [6, 6.07) is 9.89. The molecule has 1 saturated heterocycles. The van der Waals surface area contributed by atoms with Crippen molar-refractivity contribution in [3.05, 3.63) is 46.2 Å². The number of benzene rings is 1. The van der Waals surface area contributed by atoms with Crippen molar-refractivity contribution in [2.24, 2.45) is 0 Å². The first-order valence-electron chi connectivity index (χ1n) is 6.94. The molecule has 0 atom stereocenters. The maximum Gasteiger partial charge on any atom is 0.265 e. The van der Waals surface area contributed by atoms with Gasteiger partial charge >= 0.3 is 0 Å². The van der Waals surface area contributed by atoms with Crippen LogP contribution in [0.3, 0.4) is 0 Å². The third-order valence-corrected chi connectivity index (χ3v) is 4.52. The minimum Gasteiger partial charge on any atom is -0.371 e. The average Bonchev–Trinajstić information content (AvgIpc) is 3.12. The lowest BCUT2D eigenvalue weighted by Gasteiger charge is -2.20. The molecule has 1 fully saturated rings. The van der Waals surface area contributed by atoms with E-state index in [1.54, 1.807) is 0 Å². The molecule has 3 nitrogen and oxygen atoms in total. The van der Waals surface area contributed by atoms with E-state index in [9.17, 15) is 4.79 Å². The largest absolute Gasteiger partial charge is 0.371 e. The Labute approximate surface area is 123 Å². The summed E-state index contributed by atoms with van der Waals surface area (Å²) in [5, 5.41) is 4.87. The molecule has 0 saturated carbocycles. The molecule has 104 valence electrons. The molecular formula is C16H18N2OS. The fourth-order valence-corrected chi connectivity index (χ4v) is 3.27. The highest BCUT2D eigenvalue weighted by Crippen LogP contribution is 2.27. The molecule has 1 aliphatic heterocycles. The Kier molecular flexibility index (Phi) is 3.74. The fourth-order valence-electron chi connectivity index (χ4n) is 2.65. The van der Waals surface area contributed by atoms with Gasteiger partial charge in [0.1, 0.15) is 0 Å². The zero-order valence-electron chi connectivity index (χ0n) is 11.6. The summed E-state index contributed by atoms with van der Waals surface area (Å²) >= 11 is 1.46. The van der Waals surface area contributed by atoms with Gasteiger partial charge in [-0.05, 0) is 55.0 Å². The molecular weight excluding hydrogens is 268 g/mol. The Morgan fingerprint density at radius 2 is 2.05 bits per heavy atom. The lowest BCUT2D eigenvalue weighted by molar-refractivity contribution is 0.103. The highest BCUT2D eigenvalue weighted by molar-refractivity contribution is 7.12. The van der Waals surface area contributed by atoms with E-state index in [4.69, 9.17) is 0 Å². The van der Waals surface area contributed by atoms with E-state index in [-0.39, 0.29) is 5.91 Å². The highest BCUT2D eigenvalue weighted by atomic mass is 32.1. The molecule has 1 N–H and O–H groups in total. The summed E-state index contributed by atoms with van der Waals surface area (Å²) in [6.45, 7) is 4.39. The van der Waals surface area contributed by atoms with Gasteiger partial charge in [0.25, 0.3) is 5.91 Å². The summed E-state index contributed by atoms with van der Waals surface area (Å²) in [6.07, 6.45) is 2.55. The van der Waals surface area contributed by atoms with E-state index in [2.05, 4.69) is 29.3 Å². The molecule has 0 aliphatic carbocycles. The zero-order valence-corrected chi connectivity index (χ0v) is 12.4. The number of hydrogen-bond donors (Lipinski definition) is 1. The van der Waals surface area contributed by atoms with E-state index in [0.29, 0.717) is 0 Å². The number of amides is 1. The quantitative estimate of drug-likeness (QED) is 0.928. The monoisotopic (exact) mass is 286 g/mol. The van der Waals surface area contributed by atoms with Crippen LogP contribution in [0, 0.1) is 6.92 Å². The van der Waals surface area contributed by atoms with Crippen molar-refractivity contribution in [2.75, 3.05) is 23.3 Å². The molecule has 2 aromatic rings. The van der Waals surface area contributed by atoms with Gasteiger partial charge in [-0.2, -0.15) is 0 Å². The van der Waals surface area contributed by atoms with Gasteiger partial charge in [-0.25, -0.2) is 0 Å². The highest BCUT2D eigenvalue weighted by Gasteiger charge is 2.15. The Morgan fingerprint density at radius 1 is 1.25 bits per heavy atom. The summed E-state index contributed by atoms with van der Waals surface area (Å²) < 4.78 is 0. The van der Waals surface area contributed by atoms with Crippen LogP contribution < -0.4 is 10.2 Å². The lowest BCUT2D eigenvalue weighted by Crippen LogP contribution is -2.19. The van der Waals surface area contributed by atoms with E-state index in [1.165, 1.54) is 35.4 Å². The molecule has 1 aliphatic rings. The average molecular weight is 286 g/mol. The minimum atomic E-state index is -0.0340. The van der Waals surface area contributed by atoms with E-state index in [1.807, 2.05) is 23.6 Å². The summed E-state index contributed by atoms with van der Waals surface area (Å²) in [5.41, 5.74) is 3.37. The molecule has 0 spiro atoms. The van der Waals surface area contributed by atoms with Gasteiger partial charge in [-0.15, -0.1) is 11.3 Å². The van der Waals surface area contributed by atoms with E-state index in [0.717, 1.165) is 23.7 Å². The molecule has 2 heterocycles. The van der Waals surface area contributed by atoms with Crippen molar-refractivity contribution >= 4 is 28.6 Å². The predicted molar refractivity (Wildman–Crippen MR) is 84.9 cm³/mol. The van der Waals surface area contributed by atoms with Crippen LogP contribution in [0.2, 0.25) is 0 Å². The molecule has 1 aromatic heterocycles. The zero-order chi connectivity index (χ0) is 13.9. The topological polar surface area (TPSA) is 32.3 Å². The first kappa shape index (κ1) is 13.2. The Balaban J connectivity index is 1.75. The number of anilines is 2. The number of rotatable bonds is 3. The van der Waals surface area contributed by atoms with Crippen molar-refractivity contribution in [3.8, 4) is 0 Å². The molecule has 0 radical (unpaired) electrons. The first-order valence-corrected chi connectivity index (χ1v) is 7.82. The van der Waals surface area contributed by atoms with Crippen molar-refractivity contribution in [2.45, 2.75) is 19.8 Å². The van der Waals surface area contributed by atoms with Gasteiger partial charge in [0.05, 0.1) is 4.88 Å². The third kappa shape index (κ3) is 2.70. The standard InChI is InChI=1S/C16H18N2OS/c1-12-11-13(17-16(19)15-5-4-10-20-15)6-7-14(12)18-8-2-3-9-18/h4-7,10-11H,2-3,8-9H2,1H3,(H,17,19). The summed E-state index contributed by atoms with van der Waals surface area (Å²) in [7, 11) is 0. The Morgan fingerprint density at radius 3 is 2.70 bits per heavy atom. The van der Waals surface area contributed by atoms with Gasteiger partial charge < -0.3 is 10.2 Å². The number of nitrogens with zero attached hydrogens (tertiary/aromatic N) is 1. The van der Waals surface area contributed by atoms with Crippen LogP contribution in [-0.4, -0.2) is 19.0 Å². The smallest absolute Gasteiger partial charge is 0.265 e. The van der Waals surface area contributed by atoms with Gasteiger partial charge in [0.15, 0.2) is 0 Å². The maximum absolute atomic E-state index is 12.0. The fraction of sp³-hybridized carbons (Fsp3) is 0.312. The molecule has 1 aromatic carbocycles. The summed E-state index contributed by atoms with van der Waals surface area (Å²) in [5.74, 6) is -0.0340. The van der Waals surface area contributed by atoms with Crippen LogP contribution in [0.25, 0.3) is 0 Å². The number of carbonyl (C=O) groups excluding carboxylic acids is 1. The van der Waals surface area contributed by atoms with Crippen LogP contribution in [0.4, 0.5) is 11.4 Å². The second kappa shape index (κ2) is 5.67. The van der Waals surface area contributed by atoms with Gasteiger partial charge in [0, 0.05) is 24.5 Å². The Hall–Kier alpha value is -1.81. The molecule has 20 heavy (non-hydrogen) atoms. The van der Waals surface area contributed by atoms with Crippen molar-refractivity contribution in [1.82, 2.24) is 0 Å². The van der Waals surface area contributed by atoms with Crippen molar-refractivity contribution < 1.29 is 4.79 Å². The second-order valence-corrected chi connectivity index (χ2v) is 6.07. The van der Waals surface area contributed by atoms with Gasteiger partial charge in [-0.3, -0.25) is 4.79 Å². The van der Waals surface area contributed by atoms with Crippen LogP contribution >= 0.6 is 11.3 Å². The number of thiophene rings is 1. The lowest BCUT2D eigenvalue weighted by atomic mass is 10.1. The number of nitrogens with one attached hydrogen (secondary N) is 1. The molecule has 0 unspecified atom stereocenters. The third-order valence-electron chi connectivity index (χ3n) is 3.65. The minimum absolute atomic E-state index is 0.0340. The van der Waals surface area contributed by atoms with Crippen LogP contribution in [0.15, 0.2) is 35.7 Å². The predicted octanol–water partition coefficient (Wildman–Crippen LogP) is 3.91. The molecule has 3 rings (SSSR count). The van der Waals surface area contributed by atoms with Gasteiger partial charge in [-0.1, -0.05) is 6.07 Å². The molecule has 0 bridgehead atoms. The maximum atomic E-state index is 12.0. The number of aryl methyl sites for hydroxylation is 1.